The average Bonchev–Trinajstić information content (AvgIpc) is 3.27. The number of hydrogen-bond donors (Lipinski definition) is 3. The Kier molecular flexibility index (Phi) is 4.28. The normalized spacial score (nSPS) is 12.6. The molecule has 3 N–H and O–H groups in total. The number of H-pyrrole nitrogens is 1. The lowest BCUT2D eigenvalue weighted by atomic mass is 10.1. The SMILES string of the molecule is Cn1ncnc1C(O)Nc1cc2[nH]c(-c3ccccc3C(F)F)cc2cn1. The predicted octanol–water partition coefficient (Wildman–Crippen LogP) is 3.40. The van der Waals surface area contributed by atoms with Crippen molar-refractivity contribution in [2.75, 3.05) is 5.32 Å². The molecule has 0 saturated carbocycles. The van der Waals surface area contributed by atoms with Crippen LogP contribution in [0.2, 0.25) is 0 Å². The lowest BCUT2D eigenvalue weighted by Crippen LogP contribution is -2.15. The fourth-order valence-corrected chi connectivity index (χ4v) is 2.94. The molecule has 7 nitrogen and oxygen atoms in total. The van der Waals surface area contributed by atoms with Gasteiger partial charge >= 0.3 is 0 Å². The summed E-state index contributed by atoms with van der Waals surface area (Å²) in [4.78, 5) is 11.4. The van der Waals surface area contributed by atoms with Crippen LogP contribution in [-0.2, 0) is 7.05 Å². The maximum Gasteiger partial charge on any atom is 0.264 e. The number of nitrogens with zero attached hydrogens (tertiary/aromatic N) is 4. The summed E-state index contributed by atoms with van der Waals surface area (Å²) in [5, 5.41) is 17.7. The molecule has 0 amide bonds. The van der Waals surface area contributed by atoms with Crippen LogP contribution in [-0.4, -0.2) is 29.8 Å². The van der Waals surface area contributed by atoms with Crippen LogP contribution in [0.5, 0.6) is 0 Å². The lowest BCUT2D eigenvalue weighted by Gasteiger charge is -2.12. The van der Waals surface area contributed by atoms with E-state index in [1.54, 1.807) is 43.6 Å². The van der Waals surface area contributed by atoms with E-state index in [1.807, 2.05) is 0 Å². The first-order chi connectivity index (χ1) is 13.0. The molecule has 0 aliphatic heterocycles. The van der Waals surface area contributed by atoms with E-state index in [0.29, 0.717) is 28.4 Å². The van der Waals surface area contributed by atoms with E-state index in [2.05, 4.69) is 25.4 Å². The standard InChI is InChI=1S/C18H16F2N6O/c1-26-17(22-9-23-26)18(27)25-15-7-13-10(8-21-15)6-14(24-13)11-4-2-3-5-12(11)16(19)20/h2-9,16,18,24,27H,1H3,(H,21,25). The van der Waals surface area contributed by atoms with Gasteiger partial charge in [-0.05, 0) is 6.07 Å². The van der Waals surface area contributed by atoms with Gasteiger partial charge in [0.05, 0.1) is 5.52 Å². The van der Waals surface area contributed by atoms with Gasteiger partial charge in [-0.25, -0.2) is 23.4 Å². The van der Waals surface area contributed by atoms with Crippen molar-refractivity contribution in [1.29, 1.82) is 0 Å². The van der Waals surface area contributed by atoms with Crippen molar-refractivity contribution < 1.29 is 13.9 Å². The van der Waals surface area contributed by atoms with Gasteiger partial charge < -0.3 is 15.4 Å². The zero-order chi connectivity index (χ0) is 19.0. The Bertz CT molecular complexity index is 1090. The Balaban J connectivity index is 1.66. The van der Waals surface area contributed by atoms with E-state index in [0.717, 1.165) is 5.39 Å². The van der Waals surface area contributed by atoms with Crippen molar-refractivity contribution in [1.82, 2.24) is 24.7 Å². The largest absolute Gasteiger partial charge is 0.367 e. The summed E-state index contributed by atoms with van der Waals surface area (Å²) in [5.74, 6) is 0.753. The van der Waals surface area contributed by atoms with E-state index < -0.39 is 12.7 Å². The van der Waals surface area contributed by atoms with E-state index in [4.69, 9.17) is 0 Å². The molecule has 0 saturated heterocycles. The maximum absolute atomic E-state index is 13.3. The molecule has 1 atom stereocenters. The average molecular weight is 370 g/mol. The number of aliphatic hydroxyl groups is 1. The third-order valence-corrected chi connectivity index (χ3v) is 4.27. The second-order valence-corrected chi connectivity index (χ2v) is 6.02. The van der Waals surface area contributed by atoms with Crippen LogP contribution in [0.1, 0.15) is 24.0 Å². The highest BCUT2D eigenvalue weighted by Gasteiger charge is 2.16. The first-order valence-corrected chi connectivity index (χ1v) is 8.17. The monoisotopic (exact) mass is 370 g/mol. The Morgan fingerprint density at radius 2 is 2.00 bits per heavy atom. The number of rotatable bonds is 5. The molecule has 9 heteroatoms. The molecule has 0 fully saturated rings. The number of halogens is 2. The molecule has 3 aromatic heterocycles. The Morgan fingerprint density at radius 3 is 2.74 bits per heavy atom. The molecule has 1 unspecified atom stereocenters. The molecule has 138 valence electrons. The number of fused-ring (bicyclic) bond motifs is 1. The minimum Gasteiger partial charge on any atom is -0.367 e. The van der Waals surface area contributed by atoms with Gasteiger partial charge in [-0.15, -0.1) is 0 Å². The van der Waals surface area contributed by atoms with E-state index >= 15 is 0 Å². The fourth-order valence-electron chi connectivity index (χ4n) is 2.94. The third-order valence-electron chi connectivity index (χ3n) is 4.27. The molecule has 0 radical (unpaired) electrons. The number of aliphatic hydroxyl groups excluding tert-OH is 1. The number of hydrogen-bond acceptors (Lipinski definition) is 5. The highest BCUT2D eigenvalue weighted by molar-refractivity contribution is 5.87. The molecular formula is C18H16F2N6O. The second-order valence-electron chi connectivity index (χ2n) is 6.02. The maximum atomic E-state index is 13.3. The smallest absolute Gasteiger partial charge is 0.264 e. The van der Waals surface area contributed by atoms with Crippen molar-refractivity contribution >= 4 is 16.7 Å². The molecule has 4 rings (SSSR count). The molecular weight excluding hydrogens is 354 g/mol. The summed E-state index contributed by atoms with van der Waals surface area (Å²) in [6, 6.07) is 9.83. The predicted molar refractivity (Wildman–Crippen MR) is 96.1 cm³/mol. The summed E-state index contributed by atoms with van der Waals surface area (Å²) >= 11 is 0. The molecule has 0 aliphatic rings. The van der Waals surface area contributed by atoms with Gasteiger partial charge in [0.15, 0.2) is 12.1 Å². The highest BCUT2D eigenvalue weighted by Crippen LogP contribution is 2.32. The number of pyridine rings is 1. The Labute approximate surface area is 152 Å². The van der Waals surface area contributed by atoms with Crippen LogP contribution in [0.4, 0.5) is 14.6 Å². The van der Waals surface area contributed by atoms with Gasteiger partial charge in [-0.1, -0.05) is 24.3 Å². The molecule has 0 aliphatic carbocycles. The quantitative estimate of drug-likeness (QED) is 0.468. The van der Waals surface area contributed by atoms with E-state index in [9.17, 15) is 13.9 Å². The Hall–Kier alpha value is -3.33. The topological polar surface area (TPSA) is 91.6 Å². The number of alkyl halides is 2. The first kappa shape index (κ1) is 17.1. The molecule has 27 heavy (non-hydrogen) atoms. The van der Waals surface area contributed by atoms with Gasteiger partial charge in [-0.2, -0.15) is 5.10 Å². The van der Waals surface area contributed by atoms with Crippen LogP contribution in [0.25, 0.3) is 22.2 Å². The summed E-state index contributed by atoms with van der Waals surface area (Å²) in [6.45, 7) is 0. The van der Waals surface area contributed by atoms with Crippen molar-refractivity contribution in [2.45, 2.75) is 12.7 Å². The summed E-state index contributed by atoms with van der Waals surface area (Å²) < 4.78 is 28.0. The van der Waals surface area contributed by atoms with Gasteiger partial charge in [0, 0.05) is 41.5 Å². The van der Waals surface area contributed by atoms with Crippen LogP contribution < -0.4 is 5.32 Å². The van der Waals surface area contributed by atoms with Crippen molar-refractivity contribution in [3.63, 3.8) is 0 Å². The number of aryl methyl sites for hydroxylation is 1. The lowest BCUT2D eigenvalue weighted by molar-refractivity contribution is 0.152. The number of aromatic amines is 1. The van der Waals surface area contributed by atoms with Gasteiger partial charge in [0.2, 0.25) is 0 Å². The number of benzene rings is 1. The molecule has 1 aromatic carbocycles. The van der Waals surface area contributed by atoms with Gasteiger partial charge in [0.1, 0.15) is 12.1 Å². The minimum absolute atomic E-state index is 0.0342. The zero-order valence-electron chi connectivity index (χ0n) is 14.3. The van der Waals surface area contributed by atoms with Crippen LogP contribution in [0.15, 0.2) is 48.9 Å². The van der Waals surface area contributed by atoms with Crippen molar-refractivity contribution in [2.24, 2.45) is 7.05 Å². The Morgan fingerprint density at radius 1 is 1.19 bits per heavy atom. The molecule has 0 bridgehead atoms. The van der Waals surface area contributed by atoms with E-state index in [1.165, 1.54) is 17.1 Å². The summed E-state index contributed by atoms with van der Waals surface area (Å²) in [5.41, 5.74) is 1.69. The van der Waals surface area contributed by atoms with Crippen LogP contribution in [0, 0.1) is 0 Å². The first-order valence-electron chi connectivity index (χ1n) is 8.17. The number of aromatic nitrogens is 5. The summed E-state index contributed by atoms with van der Waals surface area (Å²) in [6.07, 6.45) is -0.707. The third kappa shape index (κ3) is 3.24. The number of nitrogens with one attached hydrogen (secondary N) is 2. The molecule has 4 aromatic rings. The van der Waals surface area contributed by atoms with Crippen LogP contribution >= 0.6 is 0 Å². The minimum atomic E-state index is -2.57. The summed E-state index contributed by atoms with van der Waals surface area (Å²) in [7, 11) is 1.67. The number of anilines is 1. The van der Waals surface area contributed by atoms with E-state index in [-0.39, 0.29) is 5.56 Å². The van der Waals surface area contributed by atoms with Crippen LogP contribution in [0.3, 0.4) is 0 Å². The second kappa shape index (κ2) is 6.76. The fraction of sp³-hybridized carbons (Fsp3) is 0.167. The molecule has 3 heterocycles. The zero-order valence-corrected chi connectivity index (χ0v) is 14.3. The highest BCUT2D eigenvalue weighted by atomic mass is 19.3. The molecule has 0 spiro atoms. The van der Waals surface area contributed by atoms with Gasteiger partial charge in [-0.3, -0.25) is 0 Å². The van der Waals surface area contributed by atoms with Crippen molar-refractivity contribution in [3.8, 4) is 11.3 Å². The van der Waals surface area contributed by atoms with Crippen molar-refractivity contribution in [3.05, 3.63) is 60.3 Å². The van der Waals surface area contributed by atoms with Gasteiger partial charge in [0.25, 0.3) is 6.43 Å².